The molecule has 0 bridgehead atoms. The molecule has 1 aliphatic heterocycles. The second-order valence-electron chi connectivity index (χ2n) is 9.52. The van der Waals surface area contributed by atoms with Crippen molar-refractivity contribution in [1.82, 2.24) is 14.5 Å². The molecule has 6 nitrogen and oxygen atoms in total. The van der Waals surface area contributed by atoms with Crippen molar-refractivity contribution in [3.05, 3.63) is 59.4 Å². The van der Waals surface area contributed by atoms with Gasteiger partial charge in [-0.3, -0.25) is 0 Å². The molecule has 0 radical (unpaired) electrons. The highest BCUT2D eigenvalue weighted by atomic mass is 35.5. The fraction of sp³-hybridized carbons (Fsp3) is 0.462. The first-order chi connectivity index (χ1) is 15.8. The average molecular weight is 470 g/mol. The summed E-state index contributed by atoms with van der Waals surface area (Å²) in [4.78, 5) is 19.5. The van der Waals surface area contributed by atoms with Gasteiger partial charge in [0.05, 0.1) is 11.0 Å². The van der Waals surface area contributed by atoms with Gasteiger partial charge in [-0.05, 0) is 82.9 Å². The summed E-state index contributed by atoms with van der Waals surface area (Å²) < 4.78 is 13.9. The summed E-state index contributed by atoms with van der Waals surface area (Å²) in [6.07, 6.45) is 3.76. The third-order valence-corrected chi connectivity index (χ3v) is 6.11. The largest absolute Gasteiger partial charge is 0.486 e. The van der Waals surface area contributed by atoms with Gasteiger partial charge >= 0.3 is 6.09 Å². The third-order valence-electron chi connectivity index (χ3n) is 5.86. The number of aryl methyl sites for hydroxylation is 1. The van der Waals surface area contributed by atoms with E-state index < -0.39 is 5.60 Å². The minimum absolute atomic E-state index is 0.153. The van der Waals surface area contributed by atoms with E-state index in [-0.39, 0.29) is 12.1 Å². The van der Waals surface area contributed by atoms with Gasteiger partial charge in [-0.15, -0.1) is 0 Å². The van der Waals surface area contributed by atoms with Gasteiger partial charge in [0.15, 0.2) is 0 Å². The van der Waals surface area contributed by atoms with E-state index in [2.05, 4.69) is 10.6 Å². The van der Waals surface area contributed by atoms with Crippen LogP contribution in [0.4, 0.5) is 4.79 Å². The number of halogens is 1. The minimum atomic E-state index is -0.494. The van der Waals surface area contributed by atoms with E-state index in [9.17, 15) is 4.79 Å². The summed E-state index contributed by atoms with van der Waals surface area (Å²) in [6.45, 7) is 7.59. The Labute approximate surface area is 200 Å². The number of carbonyl (C=O) groups is 1. The maximum Gasteiger partial charge on any atom is 0.410 e. The van der Waals surface area contributed by atoms with Crippen LogP contribution >= 0.6 is 11.6 Å². The average Bonchev–Trinajstić information content (AvgIpc) is 3.14. The van der Waals surface area contributed by atoms with Crippen LogP contribution in [0.25, 0.3) is 11.0 Å². The number of benzene rings is 2. The highest BCUT2D eigenvalue weighted by molar-refractivity contribution is 6.30. The van der Waals surface area contributed by atoms with Crippen molar-refractivity contribution < 1.29 is 14.3 Å². The molecule has 1 fully saturated rings. The first-order valence-corrected chi connectivity index (χ1v) is 12.0. The Morgan fingerprint density at radius 3 is 2.64 bits per heavy atom. The van der Waals surface area contributed by atoms with Crippen LogP contribution in [0.15, 0.2) is 48.5 Å². The summed E-state index contributed by atoms with van der Waals surface area (Å²) in [7, 11) is 0. The third kappa shape index (κ3) is 5.99. The number of piperidine rings is 1. The van der Waals surface area contributed by atoms with Crippen molar-refractivity contribution in [2.75, 3.05) is 6.54 Å². The standard InChI is InChI=1S/C26H32ClN3O3/c1-26(2,3)33-25(31)29-16-7-6-8-20(29)15-17-30-23-10-5-4-9-22(23)28-24(30)18-32-21-13-11-19(27)12-14-21/h4-5,9-14,20H,6-8,15-18H2,1-3H3. The van der Waals surface area contributed by atoms with Crippen molar-refractivity contribution in [1.29, 1.82) is 0 Å². The number of para-hydroxylation sites is 2. The zero-order valence-electron chi connectivity index (χ0n) is 19.6. The highest BCUT2D eigenvalue weighted by Gasteiger charge is 2.30. The van der Waals surface area contributed by atoms with E-state index in [1.807, 2.05) is 68.1 Å². The van der Waals surface area contributed by atoms with Crippen molar-refractivity contribution in [3.8, 4) is 5.75 Å². The van der Waals surface area contributed by atoms with E-state index in [0.29, 0.717) is 11.6 Å². The van der Waals surface area contributed by atoms with Crippen LogP contribution < -0.4 is 4.74 Å². The van der Waals surface area contributed by atoms with Crippen LogP contribution in [-0.2, 0) is 17.9 Å². The molecule has 2 aromatic carbocycles. The topological polar surface area (TPSA) is 56.6 Å². The molecule has 1 aliphatic rings. The number of ether oxygens (including phenoxy) is 2. The van der Waals surface area contributed by atoms with Crippen LogP contribution in [0.5, 0.6) is 5.75 Å². The lowest BCUT2D eigenvalue weighted by molar-refractivity contribution is 0.00837. The molecule has 1 atom stereocenters. The maximum absolute atomic E-state index is 12.8. The molecular weight excluding hydrogens is 438 g/mol. The Kier molecular flexibility index (Phi) is 7.13. The molecule has 1 aromatic heterocycles. The molecule has 7 heteroatoms. The smallest absolute Gasteiger partial charge is 0.410 e. The molecule has 2 heterocycles. The molecule has 0 spiro atoms. The maximum atomic E-state index is 12.8. The lowest BCUT2D eigenvalue weighted by atomic mass is 10.00. The van der Waals surface area contributed by atoms with E-state index in [1.54, 1.807) is 0 Å². The fourth-order valence-electron chi connectivity index (χ4n) is 4.30. The van der Waals surface area contributed by atoms with Gasteiger partial charge in [0.2, 0.25) is 0 Å². The number of hydrogen-bond acceptors (Lipinski definition) is 4. The normalized spacial score (nSPS) is 16.7. The van der Waals surface area contributed by atoms with Crippen molar-refractivity contribution in [2.24, 2.45) is 0 Å². The Bertz CT molecular complexity index is 1090. The number of amides is 1. The van der Waals surface area contributed by atoms with Crippen molar-refractivity contribution in [2.45, 2.75) is 71.2 Å². The lowest BCUT2D eigenvalue weighted by Crippen LogP contribution is -2.46. The Morgan fingerprint density at radius 1 is 1.12 bits per heavy atom. The molecule has 33 heavy (non-hydrogen) atoms. The molecule has 176 valence electrons. The molecule has 0 saturated carbocycles. The van der Waals surface area contributed by atoms with Crippen LogP contribution in [0.3, 0.4) is 0 Å². The molecule has 0 aliphatic carbocycles. The van der Waals surface area contributed by atoms with Crippen LogP contribution in [0, 0.1) is 0 Å². The SMILES string of the molecule is CC(C)(C)OC(=O)N1CCCCC1CCn1c(COc2ccc(Cl)cc2)nc2ccccc21. The molecule has 3 aromatic rings. The molecule has 4 rings (SSSR count). The number of carbonyl (C=O) groups excluding carboxylic acids is 1. The van der Waals surface area contributed by atoms with E-state index in [1.165, 1.54) is 0 Å². The van der Waals surface area contributed by atoms with Gasteiger partial charge < -0.3 is 18.9 Å². The van der Waals surface area contributed by atoms with Gasteiger partial charge in [-0.1, -0.05) is 23.7 Å². The summed E-state index contributed by atoms with van der Waals surface area (Å²) >= 11 is 5.98. The molecule has 1 amide bonds. The molecule has 1 unspecified atom stereocenters. The zero-order valence-corrected chi connectivity index (χ0v) is 20.3. The Balaban J connectivity index is 1.50. The monoisotopic (exact) mass is 469 g/mol. The minimum Gasteiger partial charge on any atom is -0.486 e. The summed E-state index contributed by atoms with van der Waals surface area (Å²) in [6, 6.07) is 15.6. The number of fused-ring (bicyclic) bond motifs is 1. The van der Waals surface area contributed by atoms with Crippen molar-refractivity contribution in [3.63, 3.8) is 0 Å². The van der Waals surface area contributed by atoms with Crippen LogP contribution in [0.1, 0.15) is 52.3 Å². The Morgan fingerprint density at radius 2 is 1.88 bits per heavy atom. The van der Waals surface area contributed by atoms with Gasteiger partial charge in [-0.25, -0.2) is 9.78 Å². The fourth-order valence-corrected chi connectivity index (χ4v) is 4.43. The first kappa shape index (κ1) is 23.4. The number of imidazole rings is 1. The predicted octanol–water partition coefficient (Wildman–Crippen LogP) is 6.45. The summed E-state index contributed by atoms with van der Waals surface area (Å²) in [5, 5.41) is 0.677. The summed E-state index contributed by atoms with van der Waals surface area (Å²) in [5.41, 5.74) is 1.53. The van der Waals surface area contributed by atoms with Crippen LogP contribution in [-0.4, -0.2) is 38.7 Å². The number of nitrogens with zero attached hydrogens (tertiary/aromatic N) is 3. The number of aromatic nitrogens is 2. The first-order valence-electron chi connectivity index (χ1n) is 11.6. The molecule has 1 saturated heterocycles. The van der Waals surface area contributed by atoms with E-state index in [4.69, 9.17) is 26.1 Å². The molecule has 0 N–H and O–H groups in total. The quantitative estimate of drug-likeness (QED) is 0.416. The van der Waals surface area contributed by atoms with Crippen LogP contribution in [0.2, 0.25) is 5.02 Å². The van der Waals surface area contributed by atoms with E-state index >= 15 is 0 Å². The van der Waals surface area contributed by atoms with Crippen molar-refractivity contribution >= 4 is 28.7 Å². The number of hydrogen-bond donors (Lipinski definition) is 0. The highest BCUT2D eigenvalue weighted by Crippen LogP contribution is 2.25. The van der Waals surface area contributed by atoms with Gasteiger partial charge in [0, 0.05) is 24.2 Å². The number of likely N-dealkylation sites (tertiary alicyclic amines) is 1. The predicted molar refractivity (Wildman–Crippen MR) is 131 cm³/mol. The number of rotatable bonds is 6. The van der Waals surface area contributed by atoms with Gasteiger partial charge in [0.25, 0.3) is 0 Å². The molecular formula is C26H32ClN3O3. The second-order valence-corrected chi connectivity index (χ2v) is 9.96. The lowest BCUT2D eigenvalue weighted by Gasteiger charge is -2.37. The summed E-state index contributed by atoms with van der Waals surface area (Å²) in [5.74, 6) is 1.62. The van der Waals surface area contributed by atoms with Gasteiger partial charge in [-0.2, -0.15) is 0 Å². The zero-order chi connectivity index (χ0) is 23.4. The Hall–Kier alpha value is -2.73. The van der Waals surface area contributed by atoms with E-state index in [0.717, 1.165) is 61.4 Å². The van der Waals surface area contributed by atoms with Gasteiger partial charge in [0.1, 0.15) is 23.8 Å². The second kappa shape index (κ2) is 10.0.